The van der Waals surface area contributed by atoms with Gasteiger partial charge in [-0.3, -0.25) is 4.79 Å². The van der Waals surface area contributed by atoms with Crippen LogP contribution in [0, 0.1) is 19.8 Å². The van der Waals surface area contributed by atoms with Crippen molar-refractivity contribution in [3.63, 3.8) is 0 Å². The first-order valence-electron chi connectivity index (χ1n) is 9.92. The summed E-state index contributed by atoms with van der Waals surface area (Å²) in [5.41, 5.74) is 3.67. The predicted molar refractivity (Wildman–Crippen MR) is 112 cm³/mol. The number of amides is 3. The fourth-order valence-electron chi connectivity index (χ4n) is 3.69. The first kappa shape index (κ1) is 19.9. The number of likely N-dealkylation sites (tertiary alicyclic amines) is 1. The van der Waals surface area contributed by atoms with E-state index < -0.39 is 6.04 Å². The van der Waals surface area contributed by atoms with Gasteiger partial charge in [-0.2, -0.15) is 0 Å². The third-order valence-electron chi connectivity index (χ3n) is 5.23. The molecular formula is C23H29N3O2. The fourth-order valence-corrected chi connectivity index (χ4v) is 3.69. The van der Waals surface area contributed by atoms with Crippen LogP contribution in [0.3, 0.4) is 0 Å². The van der Waals surface area contributed by atoms with Crippen molar-refractivity contribution >= 4 is 17.6 Å². The lowest BCUT2D eigenvalue weighted by Gasteiger charge is -2.33. The Morgan fingerprint density at radius 3 is 2.21 bits per heavy atom. The van der Waals surface area contributed by atoms with Crippen LogP contribution in [0.4, 0.5) is 10.5 Å². The van der Waals surface area contributed by atoms with Crippen molar-refractivity contribution in [2.45, 2.75) is 39.7 Å². The molecule has 3 amide bonds. The number of anilines is 1. The predicted octanol–water partition coefficient (Wildman–Crippen LogP) is 4.42. The molecule has 2 N–H and O–H groups in total. The number of hydrogen-bond acceptors (Lipinski definition) is 2. The second kappa shape index (κ2) is 8.91. The highest BCUT2D eigenvalue weighted by molar-refractivity contribution is 5.94. The van der Waals surface area contributed by atoms with Crippen LogP contribution >= 0.6 is 0 Å². The van der Waals surface area contributed by atoms with Gasteiger partial charge in [0, 0.05) is 18.8 Å². The van der Waals surface area contributed by atoms with Gasteiger partial charge in [0.05, 0.1) is 0 Å². The number of rotatable bonds is 4. The summed E-state index contributed by atoms with van der Waals surface area (Å²) in [6.07, 6.45) is 2.00. The monoisotopic (exact) mass is 379 g/mol. The van der Waals surface area contributed by atoms with E-state index in [2.05, 4.69) is 23.6 Å². The number of benzene rings is 2. The first-order valence-corrected chi connectivity index (χ1v) is 9.92. The van der Waals surface area contributed by atoms with Gasteiger partial charge in [-0.25, -0.2) is 4.79 Å². The van der Waals surface area contributed by atoms with Gasteiger partial charge in [0.1, 0.15) is 6.04 Å². The molecule has 0 spiro atoms. The number of aryl methyl sites for hydroxylation is 2. The van der Waals surface area contributed by atoms with Gasteiger partial charge in [0.25, 0.3) is 0 Å². The third-order valence-corrected chi connectivity index (χ3v) is 5.23. The molecule has 148 valence electrons. The van der Waals surface area contributed by atoms with Crippen molar-refractivity contribution in [2.24, 2.45) is 5.92 Å². The summed E-state index contributed by atoms with van der Waals surface area (Å²) >= 11 is 0. The number of carbonyl (C=O) groups is 2. The molecule has 5 heteroatoms. The molecule has 1 heterocycles. The van der Waals surface area contributed by atoms with Gasteiger partial charge in [0.2, 0.25) is 5.91 Å². The Kier molecular flexibility index (Phi) is 6.34. The minimum absolute atomic E-state index is 0.0475. The van der Waals surface area contributed by atoms with E-state index in [-0.39, 0.29) is 11.9 Å². The van der Waals surface area contributed by atoms with Crippen molar-refractivity contribution in [1.29, 1.82) is 0 Å². The second-order valence-corrected chi connectivity index (χ2v) is 7.83. The van der Waals surface area contributed by atoms with Gasteiger partial charge >= 0.3 is 6.03 Å². The summed E-state index contributed by atoms with van der Waals surface area (Å²) < 4.78 is 0. The maximum Gasteiger partial charge on any atom is 0.320 e. The minimum Gasteiger partial charge on any atom is -0.341 e. The molecule has 0 saturated carbocycles. The SMILES string of the molecule is Cc1cc(C)cc(NC(=O)N[C@@H](C(=O)N2CCC(C)CC2)c2ccccc2)c1. The van der Waals surface area contributed by atoms with E-state index in [1.165, 1.54) is 0 Å². The van der Waals surface area contributed by atoms with Crippen LogP contribution in [0.2, 0.25) is 0 Å². The molecule has 1 aliphatic rings. The quantitative estimate of drug-likeness (QED) is 0.826. The number of hydrogen-bond donors (Lipinski definition) is 2. The standard InChI is InChI=1S/C23H29N3O2/c1-16-9-11-26(12-10-16)22(27)21(19-7-5-4-6-8-19)25-23(28)24-20-14-17(2)13-18(3)15-20/h4-8,13-16,21H,9-12H2,1-3H3,(H2,24,25,28)/t21-/m1/s1. The zero-order valence-corrected chi connectivity index (χ0v) is 16.9. The highest BCUT2D eigenvalue weighted by Crippen LogP contribution is 2.22. The van der Waals surface area contributed by atoms with Crippen molar-refractivity contribution in [3.05, 3.63) is 65.2 Å². The van der Waals surface area contributed by atoms with Crippen LogP contribution < -0.4 is 10.6 Å². The molecular weight excluding hydrogens is 350 g/mol. The largest absolute Gasteiger partial charge is 0.341 e. The maximum atomic E-state index is 13.2. The van der Waals surface area contributed by atoms with Crippen molar-refractivity contribution < 1.29 is 9.59 Å². The number of carbonyl (C=O) groups excluding carboxylic acids is 2. The number of piperidine rings is 1. The Balaban J connectivity index is 1.75. The summed E-state index contributed by atoms with van der Waals surface area (Å²) in [6, 6.07) is 14.3. The zero-order chi connectivity index (χ0) is 20.1. The van der Waals surface area contributed by atoms with E-state index in [9.17, 15) is 9.59 Å². The lowest BCUT2D eigenvalue weighted by molar-refractivity contribution is -0.134. The van der Waals surface area contributed by atoms with E-state index in [0.717, 1.165) is 48.3 Å². The highest BCUT2D eigenvalue weighted by atomic mass is 16.2. The molecule has 1 aliphatic heterocycles. The molecule has 1 saturated heterocycles. The van der Waals surface area contributed by atoms with E-state index >= 15 is 0 Å². The van der Waals surface area contributed by atoms with Crippen LogP contribution in [-0.4, -0.2) is 29.9 Å². The maximum absolute atomic E-state index is 13.2. The molecule has 5 nitrogen and oxygen atoms in total. The topological polar surface area (TPSA) is 61.4 Å². The van der Waals surface area contributed by atoms with Crippen LogP contribution in [0.25, 0.3) is 0 Å². The Morgan fingerprint density at radius 2 is 1.61 bits per heavy atom. The van der Waals surface area contributed by atoms with Gasteiger partial charge in [0.15, 0.2) is 0 Å². The van der Waals surface area contributed by atoms with Gasteiger partial charge in [-0.1, -0.05) is 43.3 Å². The Hall–Kier alpha value is -2.82. The number of urea groups is 1. The normalized spacial score (nSPS) is 15.8. The number of nitrogens with one attached hydrogen (secondary N) is 2. The lowest BCUT2D eigenvalue weighted by Crippen LogP contribution is -2.46. The highest BCUT2D eigenvalue weighted by Gasteiger charge is 2.29. The molecule has 2 aromatic carbocycles. The summed E-state index contributed by atoms with van der Waals surface area (Å²) in [7, 11) is 0. The van der Waals surface area contributed by atoms with Crippen LogP contribution in [0.5, 0.6) is 0 Å². The summed E-state index contributed by atoms with van der Waals surface area (Å²) in [5.74, 6) is 0.591. The van der Waals surface area contributed by atoms with Crippen molar-refractivity contribution in [3.8, 4) is 0 Å². The van der Waals surface area contributed by atoms with Gasteiger partial charge in [-0.05, 0) is 61.4 Å². The molecule has 0 bridgehead atoms. The minimum atomic E-state index is -0.694. The Morgan fingerprint density at radius 1 is 1.00 bits per heavy atom. The lowest BCUT2D eigenvalue weighted by atomic mass is 9.97. The number of nitrogens with zero attached hydrogens (tertiary/aromatic N) is 1. The van der Waals surface area contributed by atoms with Crippen molar-refractivity contribution in [2.75, 3.05) is 18.4 Å². The van der Waals surface area contributed by atoms with Gasteiger partial charge < -0.3 is 15.5 Å². The summed E-state index contributed by atoms with van der Waals surface area (Å²) in [5, 5.41) is 5.76. The average molecular weight is 380 g/mol. The fraction of sp³-hybridized carbons (Fsp3) is 0.391. The summed E-state index contributed by atoms with van der Waals surface area (Å²) in [6.45, 7) is 7.67. The zero-order valence-electron chi connectivity index (χ0n) is 16.9. The molecule has 3 rings (SSSR count). The third kappa shape index (κ3) is 5.12. The molecule has 0 unspecified atom stereocenters. The van der Waals surface area contributed by atoms with E-state index in [1.54, 1.807) is 0 Å². The Bertz CT molecular complexity index is 807. The van der Waals surface area contributed by atoms with E-state index in [1.807, 2.05) is 61.2 Å². The van der Waals surface area contributed by atoms with Crippen LogP contribution in [0.1, 0.15) is 42.5 Å². The van der Waals surface area contributed by atoms with Crippen LogP contribution in [-0.2, 0) is 4.79 Å². The van der Waals surface area contributed by atoms with Crippen molar-refractivity contribution in [1.82, 2.24) is 10.2 Å². The second-order valence-electron chi connectivity index (χ2n) is 7.83. The molecule has 28 heavy (non-hydrogen) atoms. The smallest absolute Gasteiger partial charge is 0.320 e. The molecule has 0 aromatic heterocycles. The van der Waals surface area contributed by atoms with Gasteiger partial charge in [-0.15, -0.1) is 0 Å². The first-order chi connectivity index (χ1) is 13.4. The molecule has 2 aromatic rings. The Labute approximate surface area is 167 Å². The van der Waals surface area contributed by atoms with Crippen LogP contribution in [0.15, 0.2) is 48.5 Å². The summed E-state index contributed by atoms with van der Waals surface area (Å²) in [4.78, 5) is 27.7. The van der Waals surface area contributed by atoms with E-state index in [4.69, 9.17) is 0 Å². The van der Waals surface area contributed by atoms with E-state index in [0.29, 0.717) is 5.92 Å². The molecule has 0 aliphatic carbocycles. The molecule has 0 radical (unpaired) electrons. The average Bonchev–Trinajstić information content (AvgIpc) is 2.66. The molecule has 1 fully saturated rings. The molecule has 1 atom stereocenters.